The Morgan fingerprint density at radius 1 is 1.00 bits per heavy atom. The second kappa shape index (κ2) is 10.4. The minimum Gasteiger partial charge on any atom is -0.494 e. The van der Waals surface area contributed by atoms with E-state index in [4.69, 9.17) is 19.4 Å². The molecule has 4 aromatic rings. The predicted octanol–water partition coefficient (Wildman–Crippen LogP) is 4.47. The van der Waals surface area contributed by atoms with Crippen molar-refractivity contribution in [2.24, 2.45) is 4.99 Å². The third kappa shape index (κ3) is 5.05. The largest absolute Gasteiger partial charge is 0.494 e. The molecule has 0 unspecified atom stereocenters. The molecule has 8 nitrogen and oxygen atoms in total. The van der Waals surface area contributed by atoms with Crippen molar-refractivity contribution in [1.82, 2.24) is 19.9 Å². The smallest absolute Gasteiger partial charge is 0.162 e. The molecule has 0 saturated carbocycles. The first kappa shape index (κ1) is 22.6. The zero-order valence-corrected chi connectivity index (χ0v) is 20.1. The van der Waals surface area contributed by atoms with Crippen molar-refractivity contribution in [3.8, 4) is 17.1 Å². The molecular weight excluding hydrogens is 452 g/mol. The molecule has 1 fully saturated rings. The van der Waals surface area contributed by atoms with Crippen LogP contribution in [0.3, 0.4) is 0 Å². The number of rotatable bonds is 8. The number of fused-ring (bicyclic) bond motifs is 2. The molecule has 2 aliphatic heterocycles. The quantitative estimate of drug-likeness (QED) is 0.373. The fourth-order valence-electron chi connectivity index (χ4n) is 4.52. The minimum absolute atomic E-state index is 0.641. The van der Waals surface area contributed by atoms with Crippen molar-refractivity contribution < 1.29 is 9.47 Å². The summed E-state index contributed by atoms with van der Waals surface area (Å²) in [5.41, 5.74) is 4.69. The molecule has 0 spiro atoms. The van der Waals surface area contributed by atoms with E-state index in [1.54, 1.807) is 0 Å². The Bertz CT molecular complexity index is 1400. The molecule has 2 aliphatic rings. The Balaban J connectivity index is 1.21. The third-order valence-electron chi connectivity index (χ3n) is 6.42. The van der Waals surface area contributed by atoms with Crippen molar-refractivity contribution in [1.29, 1.82) is 0 Å². The summed E-state index contributed by atoms with van der Waals surface area (Å²) >= 11 is 0. The van der Waals surface area contributed by atoms with Gasteiger partial charge in [-0.15, -0.1) is 0 Å². The highest BCUT2D eigenvalue weighted by Gasteiger charge is 2.13. The Hall–Kier alpha value is -3.88. The number of nitrogens with one attached hydrogen (secondary N) is 1. The van der Waals surface area contributed by atoms with E-state index >= 15 is 0 Å². The Morgan fingerprint density at radius 3 is 2.86 bits per heavy atom. The number of aliphatic imine (C=N–C) groups is 1. The average Bonchev–Trinajstić information content (AvgIpc) is 3.40. The fraction of sp³-hybridized carbons (Fsp3) is 0.286. The van der Waals surface area contributed by atoms with Crippen molar-refractivity contribution in [3.63, 3.8) is 0 Å². The first-order valence-electron chi connectivity index (χ1n) is 12.4. The van der Waals surface area contributed by atoms with Crippen LogP contribution in [-0.4, -0.2) is 65.5 Å². The number of para-hydroxylation sites is 1. The monoisotopic (exact) mass is 480 g/mol. The van der Waals surface area contributed by atoms with Crippen LogP contribution in [0.15, 0.2) is 65.8 Å². The van der Waals surface area contributed by atoms with Crippen molar-refractivity contribution in [2.75, 3.05) is 44.8 Å². The van der Waals surface area contributed by atoms with Gasteiger partial charge in [0.1, 0.15) is 11.6 Å². The first-order chi connectivity index (χ1) is 17.8. The summed E-state index contributed by atoms with van der Waals surface area (Å²) in [5, 5.41) is 4.40. The van der Waals surface area contributed by atoms with Gasteiger partial charge in [-0.2, -0.15) is 0 Å². The summed E-state index contributed by atoms with van der Waals surface area (Å²) in [5.74, 6) is 2.21. The summed E-state index contributed by atoms with van der Waals surface area (Å²) in [6, 6.07) is 18.1. The van der Waals surface area contributed by atoms with E-state index in [9.17, 15) is 0 Å². The SMILES string of the molecule is C1=NCc2ncc(Nc3nc(-c4cccc(OCCCN5CCOCC5)c4)nc4ccccc34)cc21. The normalized spacial score (nSPS) is 15.2. The molecule has 2 aromatic carbocycles. The van der Waals surface area contributed by atoms with Gasteiger partial charge in [-0.1, -0.05) is 24.3 Å². The topological polar surface area (TPSA) is 84.8 Å². The van der Waals surface area contributed by atoms with Gasteiger partial charge in [-0.05, 0) is 36.8 Å². The van der Waals surface area contributed by atoms with E-state index in [0.29, 0.717) is 19.0 Å². The lowest BCUT2D eigenvalue weighted by Gasteiger charge is -2.26. The molecule has 6 rings (SSSR count). The minimum atomic E-state index is 0.641. The van der Waals surface area contributed by atoms with Gasteiger partial charge in [-0.25, -0.2) is 9.97 Å². The maximum Gasteiger partial charge on any atom is 0.162 e. The molecule has 0 amide bonds. The molecule has 2 aromatic heterocycles. The summed E-state index contributed by atoms with van der Waals surface area (Å²) in [6.07, 6.45) is 4.67. The van der Waals surface area contributed by atoms with Crippen LogP contribution in [0.25, 0.3) is 22.3 Å². The fourth-order valence-corrected chi connectivity index (χ4v) is 4.52. The highest BCUT2D eigenvalue weighted by Crippen LogP contribution is 2.29. The molecule has 8 heteroatoms. The van der Waals surface area contributed by atoms with Crippen LogP contribution in [0, 0.1) is 0 Å². The Labute approximate surface area is 210 Å². The first-order valence-corrected chi connectivity index (χ1v) is 12.4. The van der Waals surface area contributed by atoms with Gasteiger partial charge in [0.15, 0.2) is 5.82 Å². The highest BCUT2D eigenvalue weighted by atomic mass is 16.5. The number of benzene rings is 2. The second-order valence-corrected chi connectivity index (χ2v) is 8.95. The van der Waals surface area contributed by atoms with Crippen LogP contribution in [-0.2, 0) is 11.3 Å². The van der Waals surface area contributed by atoms with E-state index < -0.39 is 0 Å². The van der Waals surface area contributed by atoms with E-state index in [1.165, 1.54) is 0 Å². The molecule has 4 heterocycles. The molecule has 0 aliphatic carbocycles. The van der Waals surface area contributed by atoms with Crippen LogP contribution >= 0.6 is 0 Å². The average molecular weight is 481 g/mol. The number of morpholine rings is 1. The van der Waals surface area contributed by atoms with Crippen molar-refractivity contribution >= 4 is 28.6 Å². The summed E-state index contributed by atoms with van der Waals surface area (Å²) in [4.78, 5) is 21.0. The summed E-state index contributed by atoms with van der Waals surface area (Å²) in [6.45, 7) is 5.98. The van der Waals surface area contributed by atoms with Gasteiger partial charge in [0.05, 0.1) is 49.5 Å². The number of ether oxygens (including phenoxy) is 2. The molecule has 182 valence electrons. The maximum absolute atomic E-state index is 6.07. The van der Waals surface area contributed by atoms with Crippen LogP contribution in [0.1, 0.15) is 17.7 Å². The van der Waals surface area contributed by atoms with E-state index in [0.717, 1.165) is 84.2 Å². The Kier molecular flexibility index (Phi) is 6.52. The molecule has 0 atom stereocenters. The van der Waals surface area contributed by atoms with Crippen LogP contribution in [0.4, 0.5) is 11.5 Å². The lowest BCUT2D eigenvalue weighted by Crippen LogP contribution is -2.37. The van der Waals surface area contributed by atoms with Gasteiger partial charge >= 0.3 is 0 Å². The molecular formula is C28H28N6O2. The molecule has 36 heavy (non-hydrogen) atoms. The third-order valence-corrected chi connectivity index (χ3v) is 6.42. The molecule has 1 N–H and O–H groups in total. The van der Waals surface area contributed by atoms with E-state index in [1.807, 2.05) is 60.9 Å². The molecule has 1 saturated heterocycles. The number of hydrogen-bond acceptors (Lipinski definition) is 8. The maximum atomic E-state index is 6.07. The van der Waals surface area contributed by atoms with Gasteiger partial charge in [0.25, 0.3) is 0 Å². The number of pyridine rings is 1. The van der Waals surface area contributed by atoms with Gasteiger partial charge in [0, 0.05) is 42.4 Å². The van der Waals surface area contributed by atoms with Crippen LogP contribution in [0.2, 0.25) is 0 Å². The van der Waals surface area contributed by atoms with E-state index in [-0.39, 0.29) is 0 Å². The molecule has 0 bridgehead atoms. The van der Waals surface area contributed by atoms with Crippen molar-refractivity contribution in [2.45, 2.75) is 13.0 Å². The standard InChI is InChI=1S/C28H28N6O2/c1-2-8-25-24(7-1)28(31-22-15-21-17-29-19-26(21)30-18-22)33-27(32-25)20-5-3-6-23(16-20)36-12-4-9-34-10-13-35-14-11-34/h1-3,5-8,15-18H,4,9-14,19H2,(H,31,32,33). The van der Waals surface area contributed by atoms with Crippen LogP contribution in [0.5, 0.6) is 5.75 Å². The molecule has 0 radical (unpaired) electrons. The van der Waals surface area contributed by atoms with Crippen molar-refractivity contribution in [3.05, 3.63) is 72.1 Å². The number of nitrogens with zero attached hydrogens (tertiary/aromatic N) is 5. The van der Waals surface area contributed by atoms with Gasteiger partial charge in [-0.3, -0.25) is 14.9 Å². The zero-order valence-electron chi connectivity index (χ0n) is 20.1. The lowest BCUT2D eigenvalue weighted by molar-refractivity contribution is 0.0358. The summed E-state index contributed by atoms with van der Waals surface area (Å²) in [7, 11) is 0. The van der Waals surface area contributed by atoms with E-state index in [2.05, 4.69) is 26.3 Å². The van der Waals surface area contributed by atoms with Gasteiger partial charge in [0.2, 0.25) is 0 Å². The Morgan fingerprint density at radius 2 is 1.92 bits per heavy atom. The van der Waals surface area contributed by atoms with Crippen LogP contribution < -0.4 is 10.1 Å². The number of aromatic nitrogens is 3. The summed E-state index contributed by atoms with van der Waals surface area (Å²) < 4.78 is 11.5. The van der Waals surface area contributed by atoms with Gasteiger partial charge < -0.3 is 14.8 Å². The predicted molar refractivity (Wildman–Crippen MR) is 141 cm³/mol. The highest BCUT2D eigenvalue weighted by molar-refractivity contribution is 5.93. The lowest BCUT2D eigenvalue weighted by atomic mass is 10.1. The second-order valence-electron chi connectivity index (χ2n) is 8.95. The number of anilines is 2. The number of hydrogen-bond donors (Lipinski definition) is 1. The zero-order chi connectivity index (χ0) is 24.2.